The van der Waals surface area contributed by atoms with Crippen molar-refractivity contribution in [3.8, 4) is 11.4 Å². The molecule has 0 radical (unpaired) electrons. The average Bonchev–Trinajstić information content (AvgIpc) is 3.03. The smallest absolute Gasteiger partial charge is 0.214 e. The van der Waals surface area contributed by atoms with Crippen LogP contribution in [0.5, 0.6) is 5.75 Å². The van der Waals surface area contributed by atoms with Gasteiger partial charge >= 0.3 is 0 Å². The van der Waals surface area contributed by atoms with Gasteiger partial charge in [-0.2, -0.15) is 4.68 Å². The Balaban J connectivity index is 1.59. The maximum atomic E-state index is 6.06. The first-order valence-electron chi connectivity index (χ1n) is 6.79. The lowest BCUT2D eigenvalue weighted by Gasteiger charge is -2.09. The predicted octanol–water partition coefficient (Wildman–Crippen LogP) is 4.14. The Morgan fingerprint density at radius 2 is 1.74 bits per heavy atom. The van der Waals surface area contributed by atoms with E-state index in [2.05, 4.69) is 15.5 Å². The van der Waals surface area contributed by atoms with Gasteiger partial charge in [-0.1, -0.05) is 59.2 Å². The molecule has 0 atom stereocenters. The highest BCUT2D eigenvalue weighted by Crippen LogP contribution is 2.32. The van der Waals surface area contributed by atoms with Crippen molar-refractivity contribution in [1.29, 1.82) is 0 Å². The highest BCUT2D eigenvalue weighted by atomic mass is 35.5. The molecule has 5 nitrogen and oxygen atoms in total. The zero-order valence-electron chi connectivity index (χ0n) is 11.9. The maximum absolute atomic E-state index is 6.06. The normalized spacial score (nSPS) is 10.7. The molecule has 0 unspecified atom stereocenters. The minimum Gasteiger partial charge on any atom is -0.490 e. The van der Waals surface area contributed by atoms with Gasteiger partial charge in [-0.3, -0.25) is 0 Å². The molecule has 0 aliphatic rings. The van der Waals surface area contributed by atoms with Gasteiger partial charge < -0.3 is 4.74 Å². The van der Waals surface area contributed by atoms with Crippen LogP contribution in [0.4, 0.5) is 0 Å². The van der Waals surface area contributed by atoms with E-state index in [0.717, 1.165) is 5.69 Å². The molecule has 0 bridgehead atoms. The zero-order valence-corrected chi connectivity index (χ0v) is 14.2. The van der Waals surface area contributed by atoms with Crippen molar-refractivity contribution in [2.24, 2.45) is 0 Å². The number of hydrogen-bond acceptors (Lipinski definition) is 5. The monoisotopic (exact) mass is 366 g/mol. The zero-order chi connectivity index (χ0) is 16.1. The van der Waals surface area contributed by atoms with E-state index in [0.29, 0.717) is 33.3 Å². The molecule has 0 amide bonds. The summed E-state index contributed by atoms with van der Waals surface area (Å²) in [4.78, 5) is 0. The molecule has 0 N–H and O–H groups in total. The second kappa shape index (κ2) is 7.68. The molecule has 1 aromatic heterocycles. The van der Waals surface area contributed by atoms with Gasteiger partial charge in [0.1, 0.15) is 0 Å². The summed E-state index contributed by atoms with van der Waals surface area (Å²) in [5, 5.41) is 13.4. The van der Waals surface area contributed by atoms with Gasteiger partial charge in [-0.05, 0) is 34.7 Å². The highest BCUT2D eigenvalue weighted by molar-refractivity contribution is 7.99. The fourth-order valence-corrected chi connectivity index (χ4v) is 3.11. The topological polar surface area (TPSA) is 52.8 Å². The van der Waals surface area contributed by atoms with Crippen molar-refractivity contribution in [3.63, 3.8) is 0 Å². The second-order valence-electron chi connectivity index (χ2n) is 4.46. The Kier molecular flexibility index (Phi) is 5.38. The molecule has 8 heteroatoms. The Labute approximate surface area is 147 Å². The van der Waals surface area contributed by atoms with E-state index in [-0.39, 0.29) is 0 Å². The molecule has 0 saturated carbocycles. The number of tetrazole rings is 1. The van der Waals surface area contributed by atoms with Crippen LogP contribution >= 0.6 is 35.0 Å². The van der Waals surface area contributed by atoms with Crippen molar-refractivity contribution in [2.75, 3.05) is 12.4 Å². The predicted molar refractivity (Wildman–Crippen MR) is 91.8 cm³/mol. The SMILES string of the molecule is Clc1cccc(Cl)c1OCCSc1nnnn1-c1ccccc1. The Hall–Kier alpha value is -1.76. The molecule has 118 valence electrons. The number of halogens is 2. The van der Waals surface area contributed by atoms with Gasteiger partial charge in [0.15, 0.2) is 5.75 Å². The molecular formula is C15H12Cl2N4OS. The lowest BCUT2D eigenvalue weighted by atomic mass is 10.3. The highest BCUT2D eigenvalue weighted by Gasteiger charge is 2.10. The second-order valence-corrected chi connectivity index (χ2v) is 6.33. The summed E-state index contributed by atoms with van der Waals surface area (Å²) in [6.07, 6.45) is 0. The number of aromatic nitrogens is 4. The van der Waals surface area contributed by atoms with Gasteiger partial charge in [-0.25, -0.2) is 0 Å². The fraction of sp³-hybridized carbons (Fsp3) is 0.133. The van der Waals surface area contributed by atoms with Crippen molar-refractivity contribution < 1.29 is 4.74 Å². The number of para-hydroxylation sites is 2. The summed E-state index contributed by atoms with van der Waals surface area (Å²) in [7, 11) is 0. The molecule has 0 saturated heterocycles. The number of benzene rings is 2. The number of ether oxygens (including phenoxy) is 1. The molecule has 0 fully saturated rings. The van der Waals surface area contributed by atoms with Crippen LogP contribution in [0.3, 0.4) is 0 Å². The van der Waals surface area contributed by atoms with E-state index < -0.39 is 0 Å². The third kappa shape index (κ3) is 3.96. The summed E-state index contributed by atoms with van der Waals surface area (Å²) in [6.45, 7) is 0.440. The fourth-order valence-electron chi connectivity index (χ4n) is 1.90. The van der Waals surface area contributed by atoms with E-state index in [9.17, 15) is 0 Å². The quantitative estimate of drug-likeness (QED) is 0.484. The summed E-state index contributed by atoms with van der Waals surface area (Å²) < 4.78 is 7.34. The van der Waals surface area contributed by atoms with Gasteiger partial charge in [0, 0.05) is 5.75 Å². The molecule has 0 aliphatic heterocycles. The third-order valence-corrected chi connectivity index (χ3v) is 4.40. The molecule has 3 aromatic rings. The van der Waals surface area contributed by atoms with Gasteiger partial charge in [0.2, 0.25) is 5.16 Å². The molecule has 1 heterocycles. The van der Waals surface area contributed by atoms with E-state index in [4.69, 9.17) is 27.9 Å². The lowest BCUT2D eigenvalue weighted by Crippen LogP contribution is -2.04. The van der Waals surface area contributed by atoms with Crippen LogP contribution in [0.1, 0.15) is 0 Å². The van der Waals surface area contributed by atoms with Crippen molar-refractivity contribution in [3.05, 3.63) is 58.6 Å². The van der Waals surface area contributed by atoms with Crippen LogP contribution in [0.25, 0.3) is 5.69 Å². The minimum absolute atomic E-state index is 0.440. The third-order valence-electron chi connectivity index (χ3n) is 2.92. The summed E-state index contributed by atoms with van der Waals surface area (Å²) >= 11 is 13.6. The summed E-state index contributed by atoms with van der Waals surface area (Å²) in [5.74, 6) is 1.16. The van der Waals surface area contributed by atoms with E-state index in [1.54, 1.807) is 22.9 Å². The molecule has 0 aliphatic carbocycles. The van der Waals surface area contributed by atoms with Crippen LogP contribution in [0.2, 0.25) is 10.0 Å². The number of rotatable bonds is 6. The molecular weight excluding hydrogens is 355 g/mol. The van der Waals surface area contributed by atoms with Crippen molar-refractivity contribution in [1.82, 2.24) is 20.2 Å². The van der Waals surface area contributed by atoms with Crippen LogP contribution in [0, 0.1) is 0 Å². The Morgan fingerprint density at radius 3 is 2.48 bits per heavy atom. The number of nitrogens with zero attached hydrogens (tertiary/aromatic N) is 4. The van der Waals surface area contributed by atoms with Gasteiger partial charge in [0.05, 0.1) is 22.3 Å². The van der Waals surface area contributed by atoms with Crippen molar-refractivity contribution >= 4 is 35.0 Å². The van der Waals surface area contributed by atoms with Crippen LogP contribution in [-0.2, 0) is 0 Å². The maximum Gasteiger partial charge on any atom is 0.214 e. The minimum atomic E-state index is 0.440. The first-order chi connectivity index (χ1) is 11.3. The molecule has 23 heavy (non-hydrogen) atoms. The Morgan fingerprint density at radius 1 is 1.00 bits per heavy atom. The Bertz CT molecular complexity index is 762. The standard InChI is InChI=1S/C15H12Cl2N4OS/c16-12-7-4-8-13(17)14(12)22-9-10-23-15-18-19-20-21(15)11-5-2-1-3-6-11/h1-8H,9-10H2. The summed E-state index contributed by atoms with van der Waals surface area (Å²) in [5.41, 5.74) is 0.912. The van der Waals surface area contributed by atoms with E-state index in [1.807, 2.05) is 30.3 Å². The van der Waals surface area contributed by atoms with Gasteiger partial charge in [0.25, 0.3) is 0 Å². The average molecular weight is 367 g/mol. The van der Waals surface area contributed by atoms with Crippen LogP contribution < -0.4 is 4.74 Å². The molecule has 0 spiro atoms. The van der Waals surface area contributed by atoms with E-state index in [1.165, 1.54) is 11.8 Å². The van der Waals surface area contributed by atoms with E-state index >= 15 is 0 Å². The lowest BCUT2D eigenvalue weighted by molar-refractivity contribution is 0.344. The van der Waals surface area contributed by atoms with Crippen LogP contribution in [-0.4, -0.2) is 32.6 Å². The van der Waals surface area contributed by atoms with Gasteiger partial charge in [-0.15, -0.1) is 5.10 Å². The molecule has 2 aromatic carbocycles. The first-order valence-corrected chi connectivity index (χ1v) is 8.53. The number of thioether (sulfide) groups is 1. The van der Waals surface area contributed by atoms with Crippen LogP contribution in [0.15, 0.2) is 53.7 Å². The van der Waals surface area contributed by atoms with Crippen molar-refractivity contribution in [2.45, 2.75) is 5.16 Å². The first kappa shape index (κ1) is 16.1. The largest absolute Gasteiger partial charge is 0.490 e. The molecule has 3 rings (SSSR count). The number of hydrogen-bond donors (Lipinski definition) is 0. The summed E-state index contributed by atoms with van der Waals surface area (Å²) in [6, 6.07) is 15.0.